The topological polar surface area (TPSA) is 21.7 Å². The zero-order valence-electron chi connectivity index (χ0n) is 21.0. The molecule has 1 fully saturated rings. The van der Waals surface area contributed by atoms with E-state index in [0.29, 0.717) is 11.7 Å². The molecular weight excluding hydrogens is 402 g/mol. The number of halogens is 2. The monoisotopic (exact) mass is 441 g/mol. The van der Waals surface area contributed by atoms with Crippen LogP contribution < -0.4 is 4.74 Å². The molecule has 2 atom stereocenters. The van der Waals surface area contributed by atoms with E-state index in [1.165, 1.54) is 58.9 Å². The number of ether oxygens (including phenoxy) is 2. The minimum absolute atomic E-state index is 0.0725. The van der Waals surface area contributed by atoms with E-state index in [1.807, 2.05) is 6.07 Å². The minimum atomic E-state index is -2.53. The fourth-order valence-corrected chi connectivity index (χ4v) is 5.85. The van der Waals surface area contributed by atoms with E-state index in [4.69, 9.17) is 9.47 Å². The molecule has 2 aliphatic rings. The van der Waals surface area contributed by atoms with Gasteiger partial charge in [-0.2, -0.15) is 0 Å². The number of hydrogen-bond acceptors (Lipinski definition) is 3. The van der Waals surface area contributed by atoms with Gasteiger partial charge >= 0.3 is 0 Å². The van der Waals surface area contributed by atoms with Crippen molar-refractivity contribution in [2.45, 2.75) is 67.4 Å². The predicted octanol–water partition coefficient (Wildman–Crippen LogP) is -0.526. The number of hydrogen-bond donors (Lipinski definition) is 0. The van der Waals surface area contributed by atoms with Gasteiger partial charge < -0.3 is 14.4 Å². The summed E-state index contributed by atoms with van der Waals surface area (Å²) < 4.78 is 38.1. The molecule has 0 aliphatic heterocycles. The Balaban J connectivity index is 1.93. The van der Waals surface area contributed by atoms with Gasteiger partial charge in [-0.3, -0.25) is 0 Å². The molecule has 1 aromatic rings. The fraction of sp³-hybridized carbons (Fsp3) is 0.727. The van der Waals surface area contributed by atoms with Gasteiger partial charge in [0.2, 0.25) is 0 Å². The Bertz CT molecular complexity index is 777. The van der Waals surface area contributed by atoms with Crippen LogP contribution in [0.1, 0.15) is 49.7 Å². The zero-order chi connectivity index (χ0) is 23.6. The minimum Gasteiger partial charge on any atom is -0.500 e. The molecule has 172 valence electrons. The van der Waals surface area contributed by atoms with Gasteiger partial charge in [0, 0.05) is 13.7 Å². The maximum atomic E-state index is 13.5. The molecular formula is C22H38B5F2NO2. The van der Waals surface area contributed by atoms with E-state index < -0.39 is 11.8 Å². The van der Waals surface area contributed by atoms with Crippen molar-refractivity contribution in [3.8, 4) is 5.75 Å². The van der Waals surface area contributed by atoms with Crippen molar-refractivity contribution < 1.29 is 18.3 Å². The number of alkyl halides is 2. The second-order valence-corrected chi connectivity index (χ2v) is 11.4. The molecule has 0 radical (unpaired) electrons. The number of nitrogens with zero attached hydrogens (tertiary/aromatic N) is 1. The molecule has 0 spiro atoms. The van der Waals surface area contributed by atoms with Gasteiger partial charge in [0.15, 0.2) is 15.7 Å². The van der Waals surface area contributed by atoms with E-state index in [2.05, 4.69) is 40.6 Å². The predicted molar refractivity (Wildman–Crippen MR) is 141 cm³/mol. The average Bonchev–Trinajstić information content (AvgIpc) is 2.72. The number of aryl methyl sites for hydroxylation is 1. The summed E-state index contributed by atoms with van der Waals surface area (Å²) in [5.41, 5.74) is 2.85. The van der Waals surface area contributed by atoms with Gasteiger partial charge in [-0.25, -0.2) is 8.78 Å². The van der Waals surface area contributed by atoms with Crippen LogP contribution in [0.2, 0.25) is 0 Å². The molecule has 3 nitrogen and oxygen atoms in total. The molecule has 3 rings (SSSR count). The maximum Gasteiger partial charge on any atom is 0.261 e. The van der Waals surface area contributed by atoms with Crippen LogP contribution in [0, 0.1) is 5.92 Å². The number of methoxy groups -OCH3 is 1. The van der Waals surface area contributed by atoms with Crippen molar-refractivity contribution in [1.29, 1.82) is 0 Å². The molecule has 0 unspecified atom stereocenters. The summed E-state index contributed by atoms with van der Waals surface area (Å²) >= 11 is 0. The van der Waals surface area contributed by atoms with E-state index >= 15 is 0 Å². The molecule has 0 bridgehead atoms. The Kier molecular flexibility index (Phi) is 8.18. The summed E-state index contributed by atoms with van der Waals surface area (Å²) in [6, 6.07) is 6.12. The quantitative estimate of drug-likeness (QED) is 0.457. The second kappa shape index (κ2) is 10.2. The highest BCUT2D eigenvalue weighted by Gasteiger charge is 2.46. The first-order valence-electron chi connectivity index (χ1n) is 12.3. The lowest BCUT2D eigenvalue weighted by Crippen LogP contribution is -2.54. The molecule has 1 saturated carbocycles. The zero-order valence-corrected chi connectivity index (χ0v) is 21.0. The summed E-state index contributed by atoms with van der Waals surface area (Å²) in [5, 5.41) is -1.42. The van der Waals surface area contributed by atoms with Gasteiger partial charge in [0.1, 0.15) is 29.3 Å². The van der Waals surface area contributed by atoms with Crippen molar-refractivity contribution in [2.75, 3.05) is 26.8 Å². The summed E-state index contributed by atoms with van der Waals surface area (Å²) in [4.78, 5) is 2.53. The van der Waals surface area contributed by atoms with Crippen LogP contribution in [0.4, 0.5) is 8.78 Å². The average molecular weight is 441 g/mol. The lowest BCUT2D eigenvalue weighted by atomic mass is 9.48. The van der Waals surface area contributed by atoms with E-state index in [-0.39, 0.29) is 10.7 Å². The molecule has 0 heterocycles. The molecule has 0 amide bonds. The lowest BCUT2D eigenvalue weighted by molar-refractivity contribution is 0.0310. The Morgan fingerprint density at radius 3 is 2.53 bits per heavy atom. The highest BCUT2D eigenvalue weighted by Crippen LogP contribution is 2.53. The van der Waals surface area contributed by atoms with E-state index in [1.54, 1.807) is 7.11 Å². The van der Waals surface area contributed by atoms with Crippen molar-refractivity contribution in [1.82, 2.24) is 4.90 Å². The third-order valence-corrected chi connectivity index (χ3v) is 7.84. The van der Waals surface area contributed by atoms with Crippen LogP contribution in [-0.4, -0.2) is 88.0 Å². The highest BCUT2D eigenvalue weighted by molar-refractivity contribution is 6.59. The summed E-state index contributed by atoms with van der Waals surface area (Å²) in [5.74, 6) is 1.23. The van der Waals surface area contributed by atoms with Crippen LogP contribution in [0.3, 0.4) is 0 Å². The molecule has 2 aliphatic carbocycles. The van der Waals surface area contributed by atoms with E-state index in [9.17, 15) is 8.78 Å². The van der Waals surface area contributed by atoms with Crippen LogP contribution >= 0.6 is 0 Å². The van der Waals surface area contributed by atoms with Crippen LogP contribution in [0.15, 0.2) is 18.2 Å². The Hall–Kier alpha value is -0.875. The van der Waals surface area contributed by atoms with Gasteiger partial charge in [0.25, 0.3) is 6.43 Å². The standard InChI is InChI=1S/C22H38B5F2NO2/c1-31-13-12-30(22(25,26)27)11-10-20-9-3-2-4-16(20)7-5-15-6-8-17(14-18(15)20)32-21(23,24)19(28)29/h6,8,14,16,19H,2-5,7,9-13,23-27H2,1H3/t16-,20+/m1/s1. The molecule has 0 saturated heterocycles. The first kappa shape index (κ1) is 25.7. The fourth-order valence-electron chi connectivity index (χ4n) is 5.85. The van der Waals surface area contributed by atoms with Gasteiger partial charge in [-0.05, 0) is 73.2 Å². The van der Waals surface area contributed by atoms with Crippen molar-refractivity contribution in [2.24, 2.45) is 5.92 Å². The lowest BCUT2D eigenvalue weighted by Gasteiger charge is -2.50. The number of benzene rings is 1. The van der Waals surface area contributed by atoms with Crippen LogP contribution in [0.25, 0.3) is 0 Å². The first-order chi connectivity index (χ1) is 15.0. The number of fused-ring (bicyclic) bond motifs is 3. The molecule has 32 heavy (non-hydrogen) atoms. The Morgan fingerprint density at radius 2 is 1.88 bits per heavy atom. The highest BCUT2D eigenvalue weighted by atomic mass is 19.3. The van der Waals surface area contributed by atoms with Crippen molar-refractivity contribution in [3.05, 3.63) is 29.3 Å². The normalized spacial score (nSPS) is 23.7. The Labute approximate surface area is 197 Å². The third kappa shape index (κ3) is 5.60. The Morgan fingerprint density at radius 1 is 1.12 bits per heavy atom. The van der Waals surface area contributed by atoms with E-state index in [0.717, 1.165) is 32.5 Å². The molecule has 10 heteroatoms. The largest absolute Gasteiger partial charge is 0.500 e. The smallest absolute Gasteiger partial charge is 0.261 e. The molecule has 0 N–H and O–H groups in total. The second-order valence-electron chi connectivity index (χ2n) is 11.4. The first-order valence-corrected chi connectivity index (χ1v) is 12.3. The van der Waals surface area contributed by atoms with Crippen molar-refractivity contribution in [3.63, 3.8) is 0 Å². The molecule has 0 aromatic heterocycles. The summed E-state index contributed by atoms with van der Waals surface area (Å²) in [6.07, 6.45) is 5.83. The van der Waals surface area contributed by atoms with Crippen LogP contribution in [0.5, 0.6) is 5.75 Å². The maximum absolute atomic E-state index is 13.5. The van der Waals surface area contributed by atoms with Crippen molar-refractivity contribution >= 4 is 39.2 Å². The van der Waals surface area contributed by atoms with Gasteiger partial charge in [0.05, 0.1) is 12.0 Å². The third-order valence-electron chi connectivity index (χ3n) is 7.84. The summed E-state index contributed by atoms with van der Waals surface area (Å²) in [7, 11) is 11.5. The van der Waals surface area contributed by atoms with Gasteiger partial charge in [-0.15, -0.1) is 0 Å². The molecule has 1 aromatic carbocycles. The number of rotatable bonds is 10. The van der Waals surface area contributed by atoms with Gasteiger partial charge in [-0.1, -0.05) is 24.1 Å². The SMILES string of the molecule is BC(B)(Oc1ccc2c(c1)[C@]1(CCN(CCOC)C(B)(B)B)CCCC[C@@H]1CC2)C(F)F. The van der Waals surface area contributed by atoms with Crippen LogP contribution in [-0.2, 0) is 16.6 Å². The summed E-state index contributed by atoms with van der Waals surface area (Å²) in [6.45, 7) is 2.65.